The molecule has 0 aliphatic heterocycles. The number of rotatable bonds is 4. The summed E-state index contributed by atoms with van der Waals surface area (Å²) in [5.41, 5.74) is 4.98. The first-order chi connectivity index (χ1) is 13.7. The lowest BCUT2D eigenvalue weighted by molar-refractivity contribution is 0.475. The van der Waals surface area contributed by atoms with Crippen molar-refractivity contribution >= 4 is 45.9 Å². The first-order valence-corrected chi connectivity index (χ1v) is 14.8. The van der Waals surface area contributed by atoms with Gasteiger partial charge in [0.1, 0.15) is 0 Å². The normalized spacial score (nSPS) is 32.1. The van der Waals surface area contributed by atoms with E-state index in [9.17, 15) is 0 Å². The van der Waals surface area contributed by atoms with Crippen molar-refractivity contribution < 1.29 is 0 Å². The van der Waals surface area contributed by atoms with Gasteiger partial charge in [-0.25, -0.2) is 0 Å². The molecule has 0 spiro atoms. The Morgan fingerprint density at radius 3 is 1.93 bits per heavy atom. The van der Waals surface area contributed by atoms with E-state index in [0.717, 1.165) is 11.3 Å². The quantitative estimate of drug-likeness (QED) is 0.271. The maximum Gasteiger partial charge on any atom is 0.0679 e. The zero-order chi connectivity index (χ0) is 19.4. The average molecular weight is 526 g/mol. The minimum Gasteiger partial charge on any atom is -0.0842 e. The van der Waals surface area contributed by atoms with Gasteiger partial charge in [0.15, 0.2) is 0 Å². The Balaban J connectivity index is 1.72. The molecule has 4 rings (SSSR count). The summed E-state index contributed by atoms with van der Waals surface area (Å²) >= 11 is 8.64. The number of benzene rings is 1. The molecule has 2 atom stereocenters. The summed E-state index contributed by atoms with van der Waals surface area (Å²) in [5, 5.41) is 0. The van der Waals surface area contributed by atoms with Crippen LogP contribution in [0.1, 0.15) is 89.0 Å². The number of hydrogen-bond donors (Lipinski definition) is 0. The fourth-order valence-electron chi connectivity index (χ4n) is 5.86. The third-order valence-corrected chi connectivity index (χ3v) is 14.2. The van der Waals surface area contributed by atoms with Crippen LogP contribution in [0.3, 0.4) is 0 Å². The van der Waals surface area contributed by atoms with Crippen molar-refractivity contribution in [3.8, 4) is 0 Å². The van der Waals surface area contributed by atoms with Gasteiger partial charge in [0, 0.05) is 4.83 Å². The van der Waals surface area contributed by atoms with Gasteiger partial charge in [-0.1, -0.05) is 115 Å². The van der Waals surface area contributed by atoms with Crippen molar-refractivity contribution in [1.82, 2.24) is 0 Å². The van der Waals surface area contributed by atoms with E-state index in [4.69, 9.17) is 0 Å². The molecule has 0 heterocycles. The van der Waals surface area contributed by atoms with Crippen LogP contribution in [0.25, 0.3) is 6.08 Å². The Labute approximate surface area is 190 Å². The van der Waals surface area contributed by atoms with Crippen LogP contribution in [-0.2, 0) is 0 Å². The summed E-state index contributed by atoms with van der Waals surface area (Å²) in [6, 6.07) is 11.0. The molecule has 3 fully saturated rings. The second-order valence-corrected chi connectivity index (χ2v) is 15.2. The van der Waals surface area contributed by atoms with Gasteiger partial charge >= 0.3 is 0 Å². The molecule has 0 radical (unpaired) electrons. The van der Waals surface area contributed by atoms with Crippen LogP contribution in [0.4, 0.5) is 0 Å². The van der Waals surface area contributed by atoms with Crippen LogP contribution in [0.2, 0.25) is 0 Å². The van der Waals surface area contributed by atoms with E-state index in [1.54, 1.807) is 5.57 Å². The van der Waals surface area contributed by atoms with E-state index in [0.29, 0.717) is 4.83 Å². The molecule has 1 aromatic carbocycles. The largest absolute Gasteiger partial charge is 0.0842 e. The zero-order valence-corrected chi connectivity index (χ0v) is 21.2. The summed E-state index contributed by atoms with van der Waals surface area (Å²) in [6.07, 6.45) is 21.3. The summed E-state index contributed by atoms with van der Waals surface area (Å²) in [7, 11) is -0.0409. The number of hydrogen-bond acceptors (Lipinski definition) is 0. The molecule has 0 amide bonds. The molecule has 0 bridgehead atoms. The molecule has 3 aliphatic rings. The molecule has 0 nitrogen and oxygen atoms in total. The lowest BCUT2D eigenvalue weighted by Gasteiger charge is -2.51. The van der Waals surface area contributed by atoms with E-state index < -0.39 is 0 Å². The van der Waals surface area contributed by atoms with Gasteiger partial charge in [0.25, 0.3) is 0 Å². The lowest BCUT2D eigenvalue weighted by atomic mass is 9.92. The van der Waals surface area contributed by atoms with Crippen molar-refractivity contribution in [1.29, 1.82) is 0 Å². The van der Waals surface area contributed by atoms with Crippen molar-refractivity contribution in [2.75, 3.05) is 0 Å². The van der Waals surface area contributed by atoms with Gasteiger partial charge in [-0.05, 0) is 67.4 Å². The Kier molecular flexibility index (Phi) is 7.79. The highest BCUT2D eigenvalue weighted by molar-refractivity contribution is 9.11. The van der Waals surface area contributed by atoms with Gasteiger partial charge in [0.2, 0.25) is 0 Å². The van der Waals surface area contributed by atoms with Gasteiger partial charge < -0.3 is 0 Å². The minimum absolute atomic E-state index is 0.0409. The fraction of sp³-hybridized carbons (Fsp3) is 0.680. The van der Waals surface area contributed by atoms with Crippen molar-refractivity contribution in [3.63, 3.8) is 0 Å². The van der Waals surface area contributed by atoms with Gasteiger partial charge in [-0.15, -0.1) is 0 Å². The smallest absolute Gasteiger partial charge is 0.0679 e. The monoisotopic (exact) mass is 524 g/mol. The molecule has 0 aromatic heterocycles. The molecule has 3 saturated carbocycles. The summed E-state index contributed by atoms with van der Waals surface area (Å²) < 4.78 is 0.245. The summed E-state index contributed by atoms with van der Waals surface area (Å²) in [4.78, 5) is 0.526. The molecule has 154 valence electrons. The van der Waals surface area contributed by atoms with Gasteiger partial charge in [0.05, 0.1) is 4.07 Å². The Morgan fingerprint density at radius 2 is 1.36 bits per heavy atom. The molecular weight excluding hydrogens is 491 g/mol. The summed E-state index contributed by atoms with van der Waals surface area (Å²) in [6.45, 7) is 0. The van der Waals surface area contributed by atoms with E-state index in [2.05, 4.69) is 68.3 Å². The second kappa shape index (κ2) is 10.1. The predicted octanol–water partition coefficient (Wildman–Crippen LogP) is 9.26. The van der Waals surface area contributed by atoms with Crippen LogP contribution in [-0.4, -0.2) is 20.2 Å². The third-order valence-electron chi connectivity index (χ3n) is 7.21. The molecule has 0 N–H and O–H groups in total. The van der Waals surface area contributed by atoms with Gasteiger partial charge in [-0.2, -0.15) is 0 Å². The first-order valence-electron chi connectivity index (χ1n) is 11.6. The molecule has 3 heteroatoms. The Bertz CT molecular complexity index is 628. The van der Waals surface area contributed by atoms with Crippen LogP contribution < -0.4 is 0 Å². The first kappa shape index (κ1) is 21.6. The van der Waals surface area contributed by atoms with Crippen LogP contribution in [0, 0.1) is 0 Å². The van der Waals surface area contributed by atoms with E-state index in [-0.39, 0.29) is 12.0 Å². The molecule has 2 unspecified atom stereocenters. The maximum atomic E-state index is 4.53. The van der Waals surface area contributed by atoms with E-state index in [1.807, 2.05) is 0 Å². The SMILES string of the molecule is BrC1CCCC(Br)(P(C2CCCCC2)C2CCCCC2)C1=Cc1ccccc1. The van der Waals surface area contributed by atoms with E-state index in [1.165, 1.54) is 89.0 Å². The zero-order valence-electron chi connectivity index (χ0n) is 17.1. The Morgan fingerprint density at radius 1 is 0.786 bits per heavy atom. The van der Waals surface area contributed by atoms with E-state index >= 15 is 0 Å². The third kappa shape index (κ3) is 4.81. The molecule has 1 aromatic rings. The highest BCUT2D eigenvalue weighted by atomic mass is 79.9. The number of alkyl halides is 2. The molecule has 28 heavy (non-hydrogen) atoms. The van der Waals surface area contributed by atoms with Crippen molar-refractivity contribution in [2.24, 2.45) is 0 Å². The number of halogens is 2. The lowest BCUT2D eigenvalue weighted by Crippen LogP contribution is -2.38. The highest BCUT2D eigenvalue weighted by Gasteiger charge is 2.49. The predicted molar refractivity (Wildman–Crippen MR) is 133 cm³/mol. The average Bonchev–Trinajstić information content (AvgIpc) is 2.73. The molecular formula is C25H35Br2P. The summed E-state index contributed by atoms with van der Waals surface area (Å²) in [5.74, 6) is 0. The molecule has 0 saturated heterocycles. The van der Waals surface area contributed by atoms with Gasteiger partial charge in [-0.3, -0.25) is 0 Å². The minimum atomic E-state index is -0.0409. The van der Waals surface area contributed by atoms with Crippen LogP contribution >= 0.6 is 39.8 Å². The standard InChI is InChI=1S/C25H35Br2P/c26-24-17-10-18-25(27,23(24)19-20-11-4-1-5-12-20)28(21-13-6-2-7-14-21)22-15-8-3-9-16-22/h1,4-5,11-12,19,21-22,24H,2-3,6-10,13-18H2. The fourth-order valence-corrected chi connectivity index (χ4v) is 14.1. The maximum absolute atomic E-state index is 4.53. The van der Waals surface area contributed by atoms with Crippen molar-refractivity contribution in [2.45, 2.75) is 104 Å². The van der Waals surface area contributed by atoms with Crippen LogP contribution in [0.15, 0.2) is 35.9 Å². The topological polar surface area (TPSA) is 0 Å². The second-order valence-electron chi connectivity index (χ2n) is 9.12. The number of allylic oxidation sites excluding steroid dienone is 1. The van der Waals surface area contributed by atoms with Crippen molar-refractivity contribution in [3.05, 3.63) is 41.5 Å². The Hall–Kier alpha value is 0.350. The van der Waals surface area contributed by atoms with Crippen LogP contribution in [0.5, 0.6) is 0 Å². The molecule has 3 aliphatic carbocycles. The highest BCUT2D eigenvalue weighted by Crippen LogP contribution is 2.71.